The molecule has 0 aliphatic heterocycles. The standard InChI is InChI=1S/C14H17FO3/c15-12-5-1-3-11(4-2-6-13(16)17)14(12)18-9-10-7-8-10/h1,3,5,10H,2,4,6-9H2,(H,16,17). The number of para-hydroxylation sites is 1. The van der Waals surface area contributed by atoms with E-state index in [-0.39, 0.29) is 12.2 Å². The second kappa shape index (κ2) is 5.85. The van der Waals surface area contributed by atoms with Crippen LogP contribution >= 0.6 is 0 Å². The number of aliphatic carboxylic acids is 1. The van der Waals surface area contributed by atoms with Crippen LogP contribution in [0.3, 0.4) is 0 Å². The van der Waals surface area contributed by atoms with E-state index < -0.39 is 5.97 Å². The molecule has 1 aromatic carbocycles. The van der Waals surface area contributed by atoms with Gasteiger partial charge in [-0.1, -0.05) is 12.1 Å². The number of hydrogen-bond donors (Lipinski definition) is 1. The number of benzene rings is 1. The van der Waals surface area contributed by atoms with Crippen LogP contribution < -0.4 is 4.74 Å². The number of rotatable bonds is 7. The third-order valence-electron chi connectivity index (χ3n) is 3.05. The van der Waals surface area contributed by atoms with Gasteiger partial charge in [-0.3, -0.25) is 4.79 Å². The first-order valence-electron chi connectivity index (χ1n) is 6.29. The summed E-state index contributed by atoms with van der Waals surface area (Å²) in [6, 6.07) is 4.81. The summed E-state index contributed by atoms with van der Waals surface area (Å²) < 4.78 is 19.2. The summed E-state index contributed by atoms with van der Waals surface area (Å²) in [5, 5.41) is 8.59. The van der Waals surface area contributed by atoms with Crippen molar-refractivity contribution in [1.82, 2.24) is 0 Å². The van der Waals surface area contributed by atoms with E-state index >= 15 is 0 Å². The van der Waals surface area contributed by atoms with Crippen molar-refractivity contribution in [3.05, 3.63) is 29.6 Å². The van der Waals surface area contributed by atoms with Crippen LogP contribution in [0.4, 0.5) is 4.39 Å². The molecule has 0 spiro atoms. The van der Waals surface area contributed by atoms with Crippen molar-refractivity contribution in [1.29, 1.82) is 0 Å². The van der Waals surface area contributed by atoms with E-state index in [0.717, 1.165) is 18.4 Å². The molecule has 0 atom stereocenters. The lowest BCUT2D eigenvalue weighted by atomic mass is 10.1. The van der Waals surface area contributed by atoms with Crippen LogP contribution in [-0.2, 0) is 11.2 Å². The first kappa shape index (κ1) is 12.9. The highest BCUT2D eigenvalue weighted by atomic mass is 19.1. The molecule has 3 nitrogen and oxygen atoms in total. The highest BCUT2D eigenvalue weighted by Crippen LogP contribution is 2.31. The zero-order valence-electron chi connectivity index (χ0n) is 10.2. The van der Waals surface area contributed by atoms with Crippen LogP contribution in [0.5, 0.6) is 5.75 Å². The maximum atomic E-state index is 13.7. The number of ether oxygens (including phenoxy) is 1. The normalized spacial score (nSPS) is 14.5. The smallest absolute Gasteiger partial charge is 0.303 e. The molecule has 18 heavy (non-hydrogen) atoms. The van der Waals surface area contributed by atoms with Gasteiger partial charge in [0.1, 0.15) is 0 Å². The molecule has 1 aromatic rings. The molecular formula is C14H17FO3. The Hall–Kier alpha value is -1.58. The third-order valence-corrected chi connectivity index (χ3v) is 3.05. The van der Waals surface area contributed by atoms with Crippen molar-refractivity contribution >= 4 is 5.97 Å². The van der Waals surface area contributed by atoms with Gasteiger partial charge < -0.3 is 9.84 Å². The number of halogens is 1. The molecule has 0 amide bonds. The molecule has 0 bridgehead atoms. The van der Waals surface area contributed by atoms with Crippen LogP contribution in [0.1, 0.15) is 31.2 Å². The zero-order valence-corrected chi connectivity index (χ0v) is 10.2. The average molecular weight is 252 g/mol. The fraction of sp³-hybridized carbons (Fsp3) is 0.500. The van der Waals surface area contributed by atoms with Gasteiger partial charge in [0.05, 0.1) is 6.61 Å². The fourth-order valence-corrected chi connectivity index (χ4v) is 1.83. The summed E-state index contributed by atoms with van der Waals surface area (Å²) in [5.74, 6) is -0.318. The summed E-state index contributed by atoms with van der Waals surface area (Å²) in [6.07, 6.45) is 3.44. The Morgan fingerprint density at radius 1 is 1.44 bits per heavy atom. The van der Waals surface area contributed by atoms with E-state index in [0.29, 0.717) is 31.1 Å². The Morgan fingerprint density at radius 2 is 2.22 bits per heavy atom. The molecule has 2 rings (SSSR count). The van der Waals surface area contributed by atoms with Crippen molar-refractivity contribution in [2.24, 2.45) is 5.92 Å². The zero-order chi connectivity index (χ0) is 13.0. The van der Waals surface area contributed by atoms with Gasteiger partial charge in [-0.15, -0.1) is 0 Å². The van der Waals surface area contributed by atoms with E-state index in [1.54, 1.807) is 12.1 Å². The summed E-state index contributed by atoms with van der Waals surface area (Å²) in [5.41, 5.74) is 0.761. The van der Waals surface area contributed by atoms with Crippen LogP contribution in [-0.4, -0.2) is 17.7 Å². The molecule has 0 saturated heterocycles. The second-order valence-electron chi connectivity index (χ2n) is 4.73. The maximum Gasteiger partial charge on any atom is 0.303 e. The van der Waals surface area contributed by atoms with Crippen molar-refractivity contribution in [3.63, 3.8) is 0 Å². The molecule has 1 fully saturated rings. The molecule has 1 aliphatic rings. The van der Waals surface area contributed by atoms with E-state index in [4.69, 9.17) is 9.84 Å². The van der Waals surface area contributed by atoms with E-state index in [2.05, 4.69) is 0 Å². The number of hydrogen-bond acceptors (Lipinski definition) is 2. The third kappa shape index (κ3) is 3.72. The SMILES string of the molecule is O=C(O)CCCc1cccc(F)c1OCC1CC1. The van der Waals surface area contributed by atoms with Gasteiger partial charge in [0.25, 0.3) is 0 Å². The molecule has 1 aliphatic carbocycles. The molecule has 4 heteroatoms. The minimum atomic E-state index is -0.827. The lowest BCUT2D eigenvalue weighted by molar-refractivity contribution is -0.137. The van der Waals surface area contributed by atoms with Crippen molar-refractivity contribution in [3.8, 4) is 5.75 Å². The molecule has 1 saturated carbocycles. The van der Waals surface area contributed by atoms with Crippen molar-refractivity contribution in [2.45, 2.75) is 32.1 Å². The van der Waals surface area contributed by atoms with Crippen LogP contribution in [0.15, 0.2) is 18.2 Å². The maximum absolute atomic E-state index is 13.7. The van der Waals surface area contributed by atoms with E-state index in [1.807, 2.05) is 0 Å². The van der Waals surface area contributed by atoms with Gasteiger partial charge in [-0.05, 0) is 43.2 Å². The summed E-state index contributed by atoms with van der Waals surface area (Å²) in [6.45, 7) is 0.562. The van der Waals surface area contributed by atoms with Gasteiger partial charge in [0, 0.05) is 6.42 Å². The molecule has 98 valence electrons. The van der Waals surface area contributed by atoms with Crippen LogP contribution in [0.2, 0.25) is 0 Å². The van der Waals surface area contributed by atoms with Crippen molar-refractivity contribution < 1.29 is 19.0 Å². The highest BCUT2D eigenvalue weighted by molar-refractivity contribution is 5.66. The predicted molar refractivity (Wildman–Crippen MR) is 65.2 cm³/mol. The van der Waals surface area contributed by atoms with Crippen molar-refractivity contribution in [2.75, 3.05) is 6.61 Å². The topological polar surface area (TPSA) is 46.5 Å². The van der Waals surface area contributed by atoms with Gasteiger partial charge >= 0.3 is 5.97 Å². The number of carboxylic acids is 1. The molecule has 0 unspecified atom stereocenters. The molecule has 0 aromatic heterocycles. The number of carbonyl (C=O) groups is 1. The average Bonchev–Trinajstić information content (AvgIpc) is 3.11. The fourth-order valence-electron chi connectivity index (χ4n) is 1.83. The quantitative estimate of drug-likeness (QED) is 0.811. The minimum absolute atomic E-state index is 0.0958. The van der Waals surface area contributed by atoms with Gasteiger partial charge in [-0.2, -0.15) is 0 Å². The summed E-state index contributed by atoms with van der Waals surface area (Å²) in [4.78, 5) is 10.5. The lowest BCUT2D eigenvalue weighted by Gasteiger charge is -2.11. The monoisotopic (exact) mass is 252 g/mol. The Balaban J connectivity index is 1.97. The highest BCUT2D eigenvalue weighted by Gasteiger charge is 2.23. The number of aryl methyl sites for hydroxylation is 1. The molecule has 0 radical (unpaired) electrons. The summed E-state index contributed by atoms with van der Waals surface area (Å²) >= 11 is 0. The van der Waals surface area contributed by atoms with Crippen LogP contribution in [0.25, 0.3) is 0 Å². The van der Waals surface area contributed by atoms with Crippen LogP contribution in [0, 0.1) is 11.7 Å². The second-order valence-corrected chi connectivity index (χ2v) is 4.73. The molecule has 1 N–H and O–H groups in total. The van der Waals surface area contributed by atoms with E-state index in [1.165, 1.54) is 6.07 Å². The molecule has 0 heterocycles. The predicted octanol–water partition coefficient (Wildman–Crippen LogP) is 3.02. The van der Waals surface area contributed by atoms with Gasteiger partial charge in [0.2, 0.25) is 0 Å². The van der Waals surface area contributed by atoms with Gasteiger partial charge in [-0.25, -0.2) is 4.39 Å². The Morgan fingerprint density at radius 3 is 2.89 bits per heavy atom. The Bertz CT molecular complexity index is 427. The van der Waals surface area contributed by atoms with E-state index in [9.17, 15) is 9.18 Å². The molecular weight excluding hydrogens is 235 g/mol. The Labute approximate surface area is 106 Å². The first-order chi connectivity index (χ1) is 8.66. The number of carboxylic acid groups (broad SMARTS) is 1. The van der Waals surface area contributed by atoms with Gasteiger partial charge in [0.15, 0.2) is 11.6 Å². The largest absolute Gasteiger partial charge is 0.490 e. The summed E-state index contributed by atoms with van der Waals surface area (Å²) in [7, 11) is 0. The first-order valence-corrected chi connectivity index (χ1v) is 6.29. The lowest BCUT2D eigenvalue weighted by Crippen LogP contribution is -2.04. The Kier molecular flexibility index (Phi) is 4.18. The minimum Gasteiger partial charge on any atom is -0.490 e.